The van der Waals surface area contributed by atoms with Gasteiger partial charge in [0.1, 0.15) is 8.07 Å². The van der Waals surface area contributed by atoms with Crippen molar-refractivity contribution in [3.63, 3.8) is 0 Å². The summed E-state index contributed by atoms with van der Waals surface area (Å²) < 4.78 is 0. The SMILES string of the molecule is CC(CC[Si](c1ccccc1)(c1ccccc1)C(C)(C)C)[Si](C)(C)c1ccccc1. The Morgan fingerprint density at radius 3 is 1.37 bits per heavy atom. The number of rotatable bonds is 7. The molecule has 0 spiro atoms. The zero-order valence-electron chi connectivity index (χ0n) is 19.7. The van der Waals surface area contributed by atoms with Crippen LogP contribution in [-0.4, -0.2) is 16.1 Å². The molecule has 2 heteroatoms. The second-order valence-electron chi connectivity index (χ2n) is 10.4. The summed E-state index contributed by atoms with van der Waals surface area (Å²) in [6.07, 6.45) is 1.29. The van der Waals surface area contributed by atoms with Crippen LogP contribution in [0.4, 0.5) is 0 Å². The highest BCUT2D eigenvalue weighted by molar-refractivity contribution is 7.04. The first kappa shape index (κ1) is 22.8. The third kappa shape index (κ3) is 4.40. The van der Waals surface area contributed by atoms with Crippen LogP contribution in [0.5, 0.6) is 0 Å². The van der Waals surface area contributed by atoms with Gasteiger partial charge < -0.3 is 0 Å². The molecule has 1 unspecified atom stereocenters. The maximum Gasteiger partial charge on any atom is 0.123 e. The first-order valence-corrected chi connectivity index (χ1v) is 16.6. The molecule has 158 valence electrons. The van der Waals surface area contributed by atoms with Crippen LogP contribution in [0.2, 0.25) is 29.7 Å². The maximum atomic E-state index is 2.55. The average molecular weight is 431 g/mol. The highest BCUT2D eigenvalue weighted by Crippen LogP contribution is 2.41. The van der Waals surface area contributed by atoms with Crippen molar-refractivity contribution in [3.8, 4) is 0 Å². The Labute approximate surface area is 186 Å². The Hall–Kier alpha value is -1.91. The molecule has 1 atom stereocenters. The zero-order valence-corrected chi connectivity index (χ0v) is 21.7. The van der Waals surface area contributed by atoms with E-state index in [1.54, 1.807) is 15.6 Å². The second-order valence-corrected chi connectivity index (χ2v) is 20.4. The minimum Gasteiger partial charge on any atom is -0.0652 e. The molecule has 0 aromatic heterocycles. The van der Waals surface area contributed by atoms with E-state index in [4.69, 9.17) is 0 Å². The summed E-state index contributed by atoms with van der Waals surface area (Å²) in [7, 11) is -3.49. The van der Waals surface area contributed by atoms with Crippen LogP contribution in [0, 0.1) is 0 Å². The molecule has 0 heterocycles. The predicted molar refractivity (Wildman–Crippen MR) is 140 cm³/mol. The van der Waals surface area contributed by atoms with Gasteiger partial charge in [-0.1, -0.05) is 154 Å². The van der Waals surface area contributed by atoms with Crippen molar-refractivity contribution >= 4 is 31.7 Å². The van der Waals surface area contributed by atoms with Crippen LogP contribution in [0.25, 0.3) is 0 Å². The minimum atomic E-state index is -1.97. The van der Waals surface area contributed by atoms with Crippen LogP contribution in [0.3, 0.4) is 0 Å². The molecule has 0 nitrogen and oxygen atoms in total. The van der Waals surface area contributed by atoms with Gasteiger partial charge in [0.05, 0.1) is 8.07 Å². The van der Waals surface area contributed by atoms with E-state index in [1.807, 2.05) is 0 Å². The Kier molecular flexibility index (Phi) is 6.89. The minimum absolute atomic E-state index is 0.244. The van der Waals surface area contributed by atoms with Crippen LogP contribution in [0.1, 0.15) is 34.1 Å². The van der Waals surface area contributed by atoms with Crippen LogP contribution in [0.15, 0.2) is 91.0 Å². The van der Waals surface area contributed by atoms with Crippen LogP contribution >= 0.6 is 0 Å². The molecule has 0 bridgehead atoms. The lowest BCUT2D eigenvalue weighted by molar-refractivity contribution is 0.711. The zero-order chi connectivity index (χ0) is 21.8. The highest BCUT2D eigenvalue weighted by Gasteiger charge is 2.47. The largest absolute Gasteiger partial charge is 0.123 e. The van der Waals surface area contributed by atoms with Crippen molar-refractivity contribution in [2.24, 2.45) is 0 Å². The van der Waals surface area contributed by atoms with Crippen LogP contribution < -0.4 is 15.6 Å². The average Bonchev–Trinajstić information content (AvgIpc) is 2.75. The smallest absolute Gasteiger partial charge is 0.0652 e. The lowest BCUT2D eigenvalue weighted by atomic mass is 10.2. The lowest BCUT2D eigenvalue weighted by Gasteiger charge is -2.45. The van der Waals surface area contributed by atoms with Gasteiger partial charge >= 0.3 is 0 Å². The molecule has 30 heavy (non-hydrogen) atoms. The fraction of sp³-hybridized carbons (Fsp3) is 0.357. The van der Waals surface area contributed by atoms with Gasteiger partial charge in [-0.15, -0.1) is 0 Å². The molecule has 0 aliphatic carbocycles. The monoisotopic (exact) mass is 430 g/mol. The molecule has 3 aromatic rings. The normalized spacial score (nSPS) is 13.8. The third-order valence-electron chi connectivity index (χ3n) is 7.52. The van der Waals surface area contributed by atoms with Gasteiger partial charge in [0, 0.05) is 0 Å². The van der Waals surface area contributed by atoms with Gasteiger partial charge in [-0.2, -0.15) is 0 Å². The molecule has 3 rings (SSSR count). The molecule has 3 aromatic carbocycles. The predicted octanol–water partition coefficient (Wildman–Crippen LogP) is 6.45. The summed E-state index contributed by atoms with van der Waals surface area (Å²) in [6, 6.07) is 35.4. The van der Waals surface area contributed by atoms with Gasteiger partial charge in [-0.25, -0.2) is 0 Å². The van der Waals surface area contributed by atoms with Crippen molar-refractivity contribution in [1.29, 1.82) is 0 Å². The van der Waals surface area contributed by atoms with Gasteiger partial charge in [0.2, 0.25) is 0 Å². The molecule has 0 saturated heterocycles. The summed E-state index contributed by atoms with van der Waals surface area (Å²) in [5.74, 6) is 0. The fourth-order valence-corrected chi connectivity index (χ4v) is 13.6. The van der Waals surface area contributed by atoms with Gasteiger partial charge in [0.25, 0.3) is 0 Å². The number of hydrogen-bond acceptors (Lipinski definition) is 0. The van der Waals surface area contributed by atoms with E-state index in [9.17, 15) is 0 Å². The standard InChI is InChI=1S/C28H38Si2/c1-24(29(5,6)25-16-10-7-11-17-25)22-23-30(28(2,3)4,26-18-12-8-13-19-26)27-20-14-9-15-21-27/h7-21,24H,22-23H2,1-6H3. The number of benzene rings is 3. The van der Waals surface area contributed by atoms with Crippen molar-refractivity contribution in [3.05, 3.63) is 91.0 Å². The van der Waals surface area contributed by atoms with E-state index < -0.39 is 16.1 Å². The Morgan fingerprint density at radius 1 is 0.633 bits per heavy atom. The summed E-state index contributed by atoms with van der Waals surface area (Å²) in [5, 5.41) is 4.98. The summed E-state index contributed by atoms with van der Waals surface area (Å²) in [6.45, 7) is 15.0. The third-order valence-corrected chi connectivity index (χ3v) is 18.3. The van der Waals surface area contributed by atoms with E-state index in [0.717, 1.165) is 5.54 Å². The Bertz CT molecular complexity index is 870. The van der Waals surface area contributed by atoms with Crippen molar-refractivity contribution < 1.29 is 0 Å². The molecular weight excluding hydrogens is 392 g/mol. The van der Waals surface area contributed by atoms with E-state index in [2.05, 4.69) is 132 Å². The lowest BCUT2D eigenvalue weighted by Crippen LogP contribution is -2.64. The van der Waals surface area contributed by atoms with E-state index in [1.165, 1.54) is 12.5 Å². The van der Waals surface area contributed by atoms with Gasteiger partial charge in [-0.3, -0.25) is 0 Å². The molecule has 0 saturated carbocycles. The van der Waals surface area contributed by atoms with E-state index in [-0.39, 0.29) is 5.04 Å². The second kappa shape index (κ2) is 9.07. The Morgan fingerprint density at radius 2 is 1.00 bits per heavy atom. The van der Waals surface area contributed by atoms with Crippen molar-refractivity contribution in [1.82, 2.24) is 0 Å². The maximum absolute atomic E-state index is 2.55. The van der Waals surface area contributed by atoms with E-state index >= 15 is 0 Å². The fourth-order valence-electron chi connectivity index (χ4n) is 5.09. The molecular formula is C28H38Si2. The molecule has 0 fully saturated rings. The molecule has 0 amide bonds. The summed E-state index contributed by atoms with van der Waals surface area (Å²) in [5.41, 5.74) is 0.738. The summed E-state index contributed by atoms with van der Waals surface area (Å²) >= 11 is 0. The molecule has 0 aliphatic heterocycles. The quantitative estimate of drug-likeness (QED) is 0.378. The van der Waals surface area contributed by atoms with Crippen molar-refractivity contribution in [2.75, 3.05) is 0 Å². The molecule has 0 aliphatic rings. The summed E-state index contributed by atoms with van der Waals surface area (Å²) in [4.78, 5) is 0. The van der Waals surface area contributed by atoms with Crippen molar-refractivity contribution in [2.45, 2.75) is 63.8 Å². The van der Waals surface area contributed by atoms with E-state index in [0.29, 0.717) is 0 Å². The number of hydrogen-bond donors (Lipinski definition) is 0. The van der Waals surface area contributed by atoms with Gasteiger partial charge in [-0.05, 0) is 16.6 Å². The first-order valence-electron chi connectivity index (χ1n) is 11.4. The van der Waals surface area contributed by atoms with Gasteiger partial charge in [0.15, 0.2) is 0 Å². The topological polar surface area (TPSA) is 0 Å². The Balaban J connectivity index is 2.02. The highest BCUT2D eigenvalue weighted by atomic mass is 28.3. The van der Waals surface area contributed by atoms with Crippen LogP contribution in [-0.2, 0) is 0 Å². The molecule has 0 radical (unpaired) electrons. The molecule has 0 N–H and O–H groups in total. The first-order chi connectivity index (χ1) is 14.2.